The van der Waals surface area contributed by atoms with Gasteiger partial charge < -0.3 is 18.7 Å². The lowest BCUT2D eigenvalue weighted by molar-refractivity contribution is -0.148. The first-order valence-corrected chi connectivity index (χ1v) is 9.49. The SMILES string of the molecule is CCOc1ccc(OCC(=O)OCc2nc(-c3ccc(C(C)C)cc3)no2)cc1. The van der Waals surface area contributed by atoms with Crippen LogP contribution in [0, 0.1) is 0 Å². The van der Waals surface area contributed by atoms with Gasteiger partial charge in [0.1, 0.15) is 11.5 Å². The summed E-state index contributed by atoms with van der Waals surface area (Å²) < 4.78 is 21.0. The Balaban J connectivity index is 1.47. The minimum Gasteiger partial charge on any atom is -0.494 e. The molecule has 0 aliphatic carbocycles. The largest absolute Gasteiger partial charge is 0.494 e. The van der Waals surface area contributed by atoms with Crippen LogP contribution >= 0.6 is 0 Å². The average molecular weight is 396 g/mol. The Bertz CT molecular complexity index is 917. The molecule has 0 aliphatic heterocycles. The molecule has 0 fully saturated rings. The highest BCUT2D eigenvalue weighted by molar-refractivity contribution is 5.71. The molecule has 1 heterocycles. The van der Waals surface area contributed by atoms with Crippen molar-refractivity contribution in [2.45, 2.75) is 33.3 Å². The summed E-state index contributed by atoms with van der Waals surface area (Å²) in [5, 5.41) is 3.94. The van der Waals surface area contributed by atoms with Crippen LogP contribution in [0.15, 0.2) is 53.1 Å². The van der Waals surface area contributed by atoms with Crippen molar-refractivity contribution in [1.82, 2.24) is 10.1 Å². The van der Waals surface area contributed by atoms with E-state index >= 15 is 0 Å². The number of hydrogen-bond acceptors (Lipinski definition) is 7. The molecule has 0 amide bonds. The van der Waals surface area contributed by atoms with Crippen molar-refractivity contribution in [3.8, 4) is 22.9 Å². The molecule has 0 spiro atoms. The van der Waals surface area contributed by atoms with E-state index in [2.05, 4.69) is 24.0 Å². The van der Waals surface area contributed by atoms with Crippen LogP contribution in [-0.4, -0.2) is 29.3 Å². The highest BCUT2D eigenvalue weighted by Gasteiger charge is 2.12. The predicted octanol–water partition coefficient (Wildman–Crippen LogP) is 4.38. The van der Waals surface area contributed by atoms with E-state index in [1.807, 2.05) is 31.2 Å². The van der Waals surface area contributed by atoms with Crippen LogP contribution in [0.5, 0.6) is 11.5 Å². The van der Waals surface area contributed by atoms with Crippen LogP contribution in [0.25, 0.3) is 11.4 Å². The lowest BCUT2D eigenvalue weighted by Crippen LogP contribution is -2.14. The zero-order valence-corrected chi connectivity index (χ0v) is 16.8. The maximum atomic E-state index is 11.9. The molecule has 0 bridgehead atoms. The van der Waals surface area contributed by atoms with Gasteiger partial charge in [0.25, 0.3) is 5.89 Å². The molecule has 0 atom stereocenters. The molecule has 29 heavy (non-hydrogen) atoms. The minimum atomic E-state index is -0.528. The zero-order valence-electron chi connectivity index (χ0n) is 16.8. The van der Waals surface area contributed by atoms with Gasteiger partial charge in [0, 0.05) is 5.56 Å². The van der Waals surface area contributed by atoms with Gasteiger partial charge in [0.05, 0.1) is 6.61 Å². The molecule has 0 N–H and O–H groups in total. The molecule has 7 heteroatoms. The van der Waals surface area contributed by atoms with Crippen LogP contribution in [0.1, 0.15) is 38.1 Å². The Morgan fingerprint density at radius 1 is 1.00 bits per heavy atom. The highest BCUT2D eigenvalue weighted by Crippen LogP contribution is 2.21. The Labute approximate surface area is 169 Å². The van der Waals surface area contributed by atoms with Crippen molar-refractivity contribution < 1.29 is 23.5 Å². The Morgan fingerprint density at radius 2 is 1.66 bits per heavy atom. The van der Waals surface area contributed by atoms with E-state index in [4.69, 9.17) is 18.7 Å². The van der Waals surface area contributed by atoms with E-state index in [1.165, 1.54) is 5.56 Å². The summed E-state index contributed by atoms with van der Waals surface area (Å²) in [6, 6.07) is 15.0. The third-order valence-corrected chi connectivity index (χ3v) is 4.15. The van der Waals surface area contributed by atoms with Crippen molar-refractivity contribution in [1.29, 1.82) is 0 Å². The van der Waals surface area contributed by atoms with Gasteiger partial charge in [-0.25, -0.2) is 4.79 Å². The number of ether oxygens (including phenoxy) is 3. The maximum Gasteiger partial charge on any atom is 0.344 e. The number of hydrogen-bond donors (Lipinski definition) is 0. The molecule has 0 saturated heterocycles. The molecule has 2 aromatic carbocycles. The molecule has 3 aromatic rings. The minimum absolute atomic E-state index is 0.109. The molecule has 0 radical (unpaired) electrons. The summed E-state index contributed by atoms with van der Waals surface area (Å²) in [6.07, 6.45) is 0. The quantitative estimate of drug-likeness (QED) is 0.496. The van der Waals surface area contributed by atoms with E-state index in [-0.39, 0.29) is 19.1 Å². The fourth-order valence-electron chi connectivity index (χ4n) is 2.57. The number of nitrogens with zero attached hydrogens (tertiary/aromatic N) is 2. The molecule has 0 aliphatic rings. The highest BCUT2D eigenvalue weighted by atomic mass is 16.6. The second-order valence-electron chi connectivity index (χ2n) is 6.64. The number of aromatic nitrogens is 2. The summed E-state index contributed by atoms with van der Waals surface area (Å²) in [5.41, 5.74) is 2.08. The fourth-order valence-corrected chi connectivity index (χ4v) is 2.57. The number of esters is 1. The number of benzene rings is 2. The lowest BCUT2D eigenvalue weighted by Gasteiger charge is -2.07. The van der Waals surface area contributed by atoms with E-state index < -0.39 is 5.97 Å². The Hall–Kier alpha value is -3.35. The normalized spacial score (nSPS) is 10.8. The van der Waals surface area contributed by atoms with Crippen molar-refractivity contribution in [2.24, 2.45) is 0 Å². The van der Waals surface area contributed by atoms with Crippen LogP contribution < -0.4 is 9.47 Å². The summed E-state index contributed by atoms with van der Waals surface area (Å²) in [5.74, 6) is 1.90. The zero-order chi connectivity index (χ0) is 20.6. The first-order chi connectivity index (χ1) is 14.0. The standard InChI is InChI=1S/C22H24N2O5/c1-4-26-18-9-11-19(12-10-18)27-14-21(25)28-13-20-23-22(24-29-20)17-7-5-16(6-8-17)15(2)3/h5-12,15H,4,13-14H2,1-3H3. The van der Waals surface area contributed by atoms with Gasteiger partial charge in [-0.15, -0.1) is 0 Å². The van der Waals surface area contributed by atoms with Crippen LogP contribution in [0.4, 0.5) is 0 Å². The second-order valence-corrected chi connectivity index (χ2v) is 6.64. The summed E-state index contributed by atoms with van der Waals surface area (Å²) in [4.78, 5) is 16.1. The summed E-state index contributed by atoms with van der Waals surface area (Å²) in [7, 11) is 0. The van der Waals surface area contributed by atoms with Gasteiger partial charge >= 0.3 is 5.97 Å². The van der Waals surface area contributed by atoms with E-state index in [9.17, 15) is 4.79 Å². The molecule has 1 aromatic heterocycles. The molecular weight excluding hydrogens is 372 g/mol. The van der Waals surface area contributed by atoms with E-state index in [0.29, 0.717) is 24.1 Å². The van der Waals surface area contributed by atoms with Gasteiger partial charge in [-0.1, -0.05) is 43.3 Å². The first-order valence-electron chi connectivity index (χ1n) is 9.49. The summed E-state index contributed by atoms with van der Waals surface area (Å²) >= 11 is 0. The van der Waals surface area contributed by atoms with Gasteiger partial charge in [0.15, 0.2) is 13.2 Å². The molecule has 3 rings (SSSR count). The number of carbonyl (C=O) groups excluding carboxylic acids is 1. The van der Waals surface area contributed by atoms with Crippen molar-refractivity contribution >= 4 is 5.97 Å². The van der Waals surface area contributed by atoms with E-state index in [1.54, 1.807) is 24.3 Å². The number of carbonyl (C=O) groups is 1. The van der Waals surface area contributed by atoms with Gasteiger partial charge in [-0.05, 0) is 42.7 Å². The molecule has 152 valence electrons. The maximum absolute atomic E-state index is 11.9. The van der Waals surface area contributed by atoms with Gasteiger partial charge in [-0.2, -0.15) is 4.98 Å². The van der Waals surface area contributed by atoms with Crippen LogP contribution in [0.3, 0.4) is 0 Å². The first kappa shape index (κ1) is 20.4. The van der Waals surface area contributed by atoms with Crippen molar-refractivity contribution in [3.05, 3.63) is 60.0 Å². The molecule has 7 nitrogen and oxygen atoms in total. The third-order valence-electron chi connectivity index (χ3n) is 4.15. The Kier molecular flexibility index (Phi) is 6.84. The molecule has 0 saturated carbocycles. The predicted molar refractivity (Wildman–Crippen MR) is 107 cm³/mol. The van der Waals surface area contributed by atoms with E-state index in [0.717, 1.165) is 11.3 Å². The third kappa shape index (κ3) is 5.81. The van der Waals surface area contributed by atoms with Gasteiger partial charge in [0.2, 0.25) is 5.82 Å². The number of rotatable bonds is 9. The van der Waals surface area contributed by atoms with Gasteiger partial charge in [-0.3, -0.25) is 0 Å². The molecule has 0 unspecified atom stereocenters. The summed E-state index contributed by atoms with van der Waals surface area (Å²) in [6.45, 7) is 6.45. The van der Waals surface area contributed by atoms with Crippen molar-refractivity contribution in [2.75, 3.05) is 13.2 Å². The van der Waals surface area contributed by atoms with Crippen LogP contribution in [-0.2, 0) is 16.1 Å². The Morgan fingerprint density at radius 3 is 2.28 bits per heavy atom. The fraction of sp³-hybridized carbons (Fsp3) is 0.318. The van der Waals surface area contributed by atoms with Crippen LogP contribution in [0.2, 0.25) is 0 Å². The molecular formula is C22H24N2O5. The smallest absolute Gasteiger partial charge is 0.344 e. The monoisotopic (exact) mass is 396 g/mol. The topological polar surface area (TPSA) is 83.7 Å². The second kappa shape index (κ2) is 9.73. The average Bonchev–Trinajstić information content (AvgIpc) is 3.21. The lowest BCUT2D eigenvalue weighted by atomic mass is 10.0. The van der Waals surface area contributed by atoms with Crippen molar-refractivity contribution in [3.63, 3.8) is 0 Å².